The lowest BCUT2D eigenvalue weighted by Gasteiger charge is -2.42. The molecule has 0 unspecified atom stereocenters. The van der Waals surface area contributed by atoms with Gasteiger partial charge in [-0.2, -0.15) is 4.98 Å². The molecule has 3 aliphatic rings. The molecule has 0 aliphatic carbocycles. The maximum Gasteiger partial charge on any atom is 0.224 e. The Kier molecular flexibility index (Phi) is 5.21. The topological polar surface area (TPSA) is 44.7 Å². The zero-order valence-corrected chi connectivity index (χ0v) is 17.1. The number of nitrogens with zero attached hydrogens (tertiary/aromatic N) is 5. The summed E-state index contributed by atoms with van der Waals surface area (Å²) in [4.78, 5) is 17.9. The van der Waals surface area contributed by atoms with Gasteiger partial charge in [0.25, 0.3) is 0 Å². The first-order chi connectivity index (χ1) is 13.3. The molecule has 3 fully saturated rings. The fourth-order valence-electron chi connectivity index (χ4n) is 4.37. The Hall–Kier alpha value is -0.990. The number of thiophene rings is 1. The van der Waals surface area contributed by atoms with Gasteiger partial charge in [-0.05, 0) is 50.0 Å². The van der Waals surface area contributed by atoms with Gasteiger partial charge in [-0.3, -0.25) is 4.90 Å². The lowest BCUT2D eigenvalue weighted by Crippen LogP contribution is -2.50. The molecule has 0 aromatic carbocycles. The number of hydrogen-bond donors (Lipinski definition) is 0. The molecule has 0 radical (unpaired) electrons. The van der Waals surface area contributed by atoms with Gasteiger partial charge in [0.1, 0.15) is 0 Å². The van der Waals surface area contributed by atoms with Gasteiger partial charge in [0.05, 0.1) is 23.4 Å². The highest BCUT2D eigenvalue weighted by molar-refractivity contribution is 7.19. The quantitative estimate of drug-likeness (QED) is 0.726. The molecular weight excluding hydrogens is 382 g/mol. The Labute approximate surface area is 169 Å². The zero-order chi connectivity index (χ0) is 18.2. The van der Waals surface area contributed by atoms with Crippen LogP contribution in [0.4, 0.5) is 5.82 Å². The molecule has 0 amide bonds. The van der Waals surface area contributed by atoms with Crippen LogP contribution in [0.15, 0.2) is 6.07 Å². The van der Waals surface area contributed by atoms with Crippen LogP contribution in [0.2, 0.25) is 5.28 Å². The van der Waals surface area contributed by atoms with E-state index in [1.54, 1.807) is 0 Å². The first kappa shape index (κ1) is 18.1. The van der Waals surface area contributed by atoms with E-state index in [0.717, 1.165) is 54.9 Å². The minimum absolute atomic E-state index is 0.337. The van der Waals surface area contributed by atoms with Gasteiger partial charge in [0, 0.05) is 43.6 Å². The summed E-state index contributed by atoms with van der Waals surface area (Å²) >= 11 is 8.04. The molecule has 2 aromatic heterocycles. The molecule has 3 saturated heterocycles. The predicted octanol–water partition coefficient (Wildman–Crippen LogP) is 2.85. The van der Waals surface area contributed by atoms with Crippen molar-refractivity contribution in [3.05, 3.63) is 16.2 Å². The van der Waals surface area contributed by atoms with Crippen molar-refractivity contribution in [3.8, 4) is 0 Å². The van der Waals surface area contributed by atoms with E-state index in [2.05, 4.69) is 30.7 Å². The average molecular weight is 408 g/mol. The highest BCUT2D eigenvalue weighted by Gasteiger charge is 2.28. The smallest absolute Gasteiger partial charge is 0.224 e. The summed E-state index contributed by atoms with van der Waals surface area (Å²) in [6.07, 6.45) is 3.99. The molecule has 6 nitrogen and oxygen atoms in total. The summed E-state index contributed by atoms with van der Waals surface area (Å²) in [7, 11) is 0. The van der Waals surface area contributed by atoms with Gasteiger partial charge < -0.3 is 14.5 Å². The summed E-state index contributed by atoms with van der Waals surface area (Å²) in [6.45, 7) is 9.22. The van der Waals surface area contributed by atoms with Crippen molar-refractivity contribution in [2.75, 3.05) is 57.4 Å². The van der Waals surface area contributed by atoms with Crippen LogP contribution in [0, 0.1) is 0 Å². The number of halogens is 1. The van der Waals surface area contributed by atoms with Gasteiger partial charge in [-0.25, -0.2) is 4.98 Å². The normalized spacial score (nSPS) is 23.1. The minimum atomic E-state index is 0.337. The first-order valence-electron chi connectivity index (χ1n) is 10.0. The number of aromatic nitrogens is 2. The molecule has 0 spiro atoms. The molecule has 0 N–H and O–H groups in total. The summed E-state index contributed by atoms with van der Waals surface area (Å²) < 4.78 is 6.64. The average Bonchev–Trinajstić information content (AvgIpc) is 3.04. The van der Waals surface area contributed by atoms with E-state index in [1.807, 2.05) is 11.3 Å². The molecule has 0 atom stereocenters. The van der Waals surface area contributed by atoms with Gasteiger partial charge >= 0.3 is 0 Å². The van der Waals surface area contributed by atoms with Crippen molar-refractivity contribution < 1.29 is 4.74 Å². The van der Waals surface area contributed by atoms with E-state index < -0.39 is 0 Å². The van der Waals surface area contributed by atoms with Crippen molar-refractivity contribution in [1.29, 1.82) is 0 Å². The Morgan fingerprint density at radius 1 is 1.07 bits per heavy atom. The second-order valence-corrected chi connectivity index (χ2v) is 9.21. The Morgan fingerprint density at radius 2 is 1.85 bits per heavy atom. The van der Waals surface area contributed by atoms with E-state index in [4.69, 9.17) is 16.3 Å². The Bertz CT molecular complexity index is 797. The highest BCUT2D eigenvalue weighted by atomic mass is 35.5. The third-order valence-electron chi connectivity index (χ3n) is 6.03. The van der Waals surface area contributed by atoms with E-state index in [1.165, 1.54) is 50.3 Å². The zero-order valence-electron chi connectivity index (χ0n) is 15.6. The Balaban J connectivity index is 1.31. The van der Waals surface area contributed by atoms with Gasteiger partial charge in [-0.1, -0.05) is 0 Å². The molecule has 3 aliphatic heterocycles. The fourth-order valence-corrected chi connectivity index (χ4v) is 5.70. The predicted molar refractivity (Wildman–Crippen MR) is 110 cm³/mol. The van der Waals surface area contributed by atoms with E-state index >= 15 is 0 Å². The molecule has 5 rings (SSSR count). The summed E-state index contributed by atoms with van der Waals surface area (Å²) in [6, 6.07) is 3.02. The minimum Gasteiger partial charge on any atom is -0.378 e. The van der Waals surface area contributed by atoms with Gasteiger partial charge in [0.2, 0.25) is 5.28 Å². The Morgan fingerprint density at radius 3 is 2.56 bits per heavy atom. The molecule has 8 heteroatoms. The van der Waals surface area contributed by atoms with Crippen LogP contribution in [0.1, 0.15) is 24.1 Å². The van der Waals surface area contributed by atoms with Crippen molar-refractivity contribution in [3.63, 3.8) is 0 Å². The molecule has 0 bridgehead atoms. The van der Waals surface area contributed by atoms with Crippen molar-refractivity contribution >= 4 is 39.0 Å². The van der Waals surface area contributed by atoms with Crippen LogP contribution in [-0.2, 0) is 11.3 Å². The molecule has 0 saturated carbocycles. The van der Waals surface area contributed by atoms with Crippen molar-refractivity contribution in [2.24, 2.45) is 0 Å². The van der Waals surface area contributed by atoms with Crippen molar-refractivity contribution in [1.82, 2.24) is 19.8 Å². The monoisotopic (exact) mass is 407 g/mol. The van der Waals surface area contributed by atoms with Crippen LogP contribution in [0.3, 0.4) is 0 Å². The van der Waals surface area contributed by atoms with Crippen LogP contribution in [-0.4, -0.2) is 78.3 Å². The van der Waals surface area contributed by atoms with E-state index in [9.17, 15) is 0 Å². The van der Waals surface area contributed by atoms with Crippen LogP contribution < -0.4 is 4.90 Å². The molecule has 2 aromatic rings. The number of piperidine rings is 1. The number of rotatable bonds is 4. The lowest BCUT2D eigenvalue weighted by atomic mass is 10.00. The molecule has 146 valence electrons. The number of morpholine rings is 1. The maximum atomic E-state index is 6.22. The molecule has 27 heavy (non-hydrogen) atoms. The lowest BCUT2D eigenvalue weighted by molar-refractivity contribution is 0.0615. The van der Waals surface area contributed by atoms with Crippen LogP contribution in [0.5, 0.6) is 0 Å². The largest absolute Gasteiger partial charge is 0.378 e. The van der Waals surface area contributed by atoms with Crippen LogP contribution >= 0.6 is 22.9 Å². The van der Waals surface area contributed by atoms with E-state index in [0.29, 0.717) is 5.28 Å². The number of ether oxygens (including phenoxy) is 1. The summed E-state index contributed by atoms with van der Waals surface area (Å²) in [5.74, 6) is 0.973. The second-order valence-electron chi connectivity index (χ2n) is 7.74. The van der Waals surface area contributed by atoms with Crippen LogP contribution in [0.25, 0.3) is 10.2 Å². The van der Waals surface area contributed by atoms with Crippen molar-refractivity contribution in [2.45, 2.75) is 31.8 Å². The van der Waals surface area contributed by atoms with Gasteiger partial charge in [-0.15, -0.1) is 11.3 Å². The SMILES string of the molecule is Clc1nc(N2CCOCC2)c2sc(CN3CCC(N4CCC4)CC3)cc2n1. The summed E-state index contributed by atoms with van der Waals surface area (Å²) in [5, 5.41) is 0.337. The molecular formula is C19H26ClN5OS. The number of fused-ring (bicyclic) bond motifs is 1. The maximum absolute atomic E-state index is 6.22. The highest BCUT2D eigenvalue weighted by Crippen LogP contribution is 2.34. The number of hydrogen-bond acceptors (Lipinski definition) is 7. The third-order valence-corrected chi connectivity index (χ3v) is 7.31. The standard InChI is InChI=1S/C19H26ClN5OS/c20-19-21-16-12-15(13-23-6-2-14(3-7-23)24-4-1-5-24)27-17(16)18(22-19)25-8-10-26-11-9-25/h12,14H,1-11,13H2. The first-order valence-corrected chi connectivity index (χ1v) is 11.2. The second kappa shape index (κ2) is 7.79. The van der Waals surface area contributed by atoms with Gasteiger partial charge in [0.15, 0.2) is 5.82 Å². The molecule has 5 heterocycles. The number of anilines is 1. The third kappa shape index (κ3) is 3.80. The summed E-state index contributed by atoms with van der Waals surface area (Å²) in [5.41, 5.74) is 0.979. The number of likely N-dealkylation sites (tertiary alicyclic amines) is 2. The van der Waals surface area contributed by atoms with E-state index in [-0.39, 0.29) is 0 Å². The fraction of sp³-hybridized carbons (Fsp3) is 0.684.